The first-order chi connectivity index (χ1) is 8.36. The van der Waals surface area contributed by atoms with Gasteiger partial charge in [-0.05, 0) is 25.0 Å². The quantitative estimate of drug-likeness (QED) is 0.803. The molecule has 1 fully saturated rings. The fraction of sp³-hybridized carbons (Fsp3) is 0.538. The van der Waals surface area contributed by atoms with Crippen LogP contribution in [0.2, 0.25) is 0 Å². The maximum atomic E-state index is 8.72. The lowest BCUT2D eigenvalue weighted by Crippen LogP contribution is -2.36. The fourth-order valence-electron chi connectivity index (χ4n) is 2.18. The van der Waals surface area contributed by atoms with Gasteiger partial charge in [-0.1, -0.05) is 6.07 Å². The second-order valence-electron chi connectivity index (χ2n) is 4.38. The van der Waals surface area contributed by atoms with Crippen LogP contribution >= 0.6 is 0 Å². The Balaban J connectivity index is 2.11. The molecule has 2 rings (SSSR count). The summed E-state index contributed by atoms with van der Waals surface area (Å²) in [6.45, 7) is 1.35. The number of nitrogens with two attached hydrogens (primary N) is 1. The first-order valence-corrected chi connectivity index (χ1v) is 6.10. The van der Waals surface area contributed by atoms with E-state index >= 15 is 0 Å². The van der Waals surface area contributed by atoms with Gasteiger partial charge in [0.1, 0.15) is 0 Å². The Morgan fingerprint density at radius 2 is 2.35 bits per heavy atom. The Hall–Kier alpha value is -1.44. The van der Waals surface area contributed by atoms with Crippen molar-refractivity contribution in [1.29, 1.82) is 5.26 Å². The lowest BCUT2D eigenvalue weighted by molar-refractivity contribution is 0.192. The van der Waals surface area contributed by atoms with Crippen molar-refractivity contribution in [3.05, 3.63) is 30.1 Å². The molecule has 2 N–H and O–H groups in total. The molecule has 0 aliphatic heterocycles. The Labute approximate surface area is 102 Å². The third-order valence-electron chi connectivity index (χ3n) is 3.15. The van der Waals surface area contributed by atoms with E-state index in [9.17, 15) is 0 Å². The highest BCUT2D eigenvalue weighted by Crippen LogP contribution is 2.33. The van der Waals surface area contributed by atoms with Gasteiger partial charge in [0.2, 0.25) is 0 Å². The van der Waals surface area contributed by atoms with E-state index in [1.54, 1.807) is 6.20 Å². The summed E-state index contributed by atoms with van der Waals surface area (Å²) < 4.78 is 0. The monoisotopic (exact) mass is 230 g/mol. The van der Waals surface area contributed by atoms with Crippen LogP contribution in [0.15, 0.2) is 24.4 Å². The Morgan fingerprint density at radius 3 is 2.88 bits per heavy atom. The third kappa shape index (κ3) is 3.02. The molecule has 17 heavy (non-hydrogen) atoms. The summed E-state index contributed by atoms with van der Waals surface area (Å²) in [6.07, 6.45) is 4.79. The van der Waals surface area contributed by atoms with Crippen LogP contribution in [0.25, 0.3) is 0 Å². The highest BCUT2D eigenvalue weighted by Gasteiger charge is 2.34. The number of aromatic nitrogens is 1. The summed E-state index contributed by atoms with van der Waals surface area (Å²) in [4.78, 5) is 6.72. The lowest BCUT2D eigenvalue weighted by atomic mass is 10.1. The smallest absolute Gasteiger partial charge is 0.0647 e. The van der Waals surface area contributed by atoms with Gasteiger partial charge in [-0.3, -0.25) is 9.88 Å². The zero-order valence-electron chi connectivity index (χ0n) is 9.92. The van der Waals surface area contributed by atoms with Gasteiger partial charge in [0, 0.05) is 31.7 Å². The Kier molecular flexibility index (Phi) is 4.08. The first kappa shape index (κ1) is 12.0. The van der Waals surface area contributed by atoms with E-state index in [1.807, 2.05) is 18.2 Å². The molecule has 1 aromatic rings. The molecule has 1 aromatic heterocycles. The van der Waals surface area contributed by atoms with Crippen LogP contribution < -0.4 is 5.73 Å². The highest BCUT2D eigenvalue weighted by atomic mass is 15.2. The molecule has 4 nitrogen and oxygen atoms in total. The van der Waals surface area contributed by atoms with Crippen LogP contribution in [0.4, 0.5) is 0 Å². The molecule has 1 heterocycles. The van der Waals surface area contributed by atoms with Crippen molar-refractivity contribution < 1.29 is 0 Å². The highest BCUT2D eigenvalue weighted by molar-refractivity contribution is 5.11. The molecule has 0 saturated heterocycles. The van der Waals surface area contributed by atoms with E-state index in [-0.39, 0.29) is 6.04 Å². The van der Waals surface area contributed by atoms with Gasteiger partial charge in [0.05, 0.1) is 17.8 Å². The van der Waals surface area contributed by atoms with Crippen LogP contribution in [0.5, 0.6) is 0 Å². The summed E-state index contributed by atoms with van der Waals surface area (Å²) >= 11 is 0. The second-order valence-corrected chi connectivity index (χ2v) is 4.38. The topological polar surface area (TPSA) is 65.9 Å². The molecule has 1 aliphatic carbocycles. The average molecular weight is 230 g/mol. The van der Waals surface area contributed by atoms with Crippen LogP contribution in [0.3, 0.4) is 0 Å². The minimum atomic E-state index is 0.150. The van der Waals surface area contributed by atoms with Gasteiger partial charge in [-0.2, -0.15) is 5.26 Å². The largest absolute Gasteiger partial charge is 0.329 e. The molecule has 0 aromatic carbocycles. The van der Waals surface area contributed by atoms with Crippen molar-refractivity contribution in [2.24, 2.45) is 5.73 Å². The SMILES string of the molecule is N#CCCN(C1CC1)C(CN)c1ccccn1. The molecule has 1 unspecified atom stereocenters. The number of hydrogen-bond acceptors (Lipinski definition) is 4. The summed E-state index contributed by atoms with van der Waals surface area (Å²) in [5.41, 5.74) is 6.89. The number of nitrogens with zero attached hydrogens (tertiary/aromatic N) is 3. The van der Waals surface area contributed by atoms with Gasteiger partial charge >= 0.3 is 0 Å². The van der Waals surface area contributed by atoms with E-state index in [1.165, 1.54) is 12.8 Å². The van der Waals surface area contributed by atoms with E-state index in [2.05, 4.69) is 16.0 Å². The van der Waals surface area contributed by atoms with E-state index in [0.717, 1.165) is 12.2 Å². The standard InChI is InChI=1S/C13H18N4/c14-7-3-9-17(11-5-6-11)13(10-15)12-4-1-2-8-16-12/h1-2,4,8,11,13H,3,5-6,9-10,15H2. The molecular formula is C13H18N4. The Morgan fingerprint density at radius 1 is 1.53 bits per heavy atom. The summed E-state index contributed by atoms with van der Waals surface area (Å²) in [5, 5.41) is 8.72. The summed E-state index contributed by atoms with van der Waals surface area (Å²) in [6, 6.07) is 8.86. The predicted molar refractivity (Wildman–Crippen MR) is 66.0 cm³/mol. The van der Waals surface area contributed by atoms with Gasteiger partial charge in [-0.25, -0.2) is 0 Å². The second kappa shape index (κ2) is 5.76. The molecule has 1 atom stereocenters. The van der Waals surface area contributed by atoms with Crippen molar-refractivity contribution in [2.45, 2.75) is 31.3 Å². The first-order valence-electron chi connectivity index (χ1n) is 6.10. The summed E-state index contributed by atoms with van der Waals surface area (Å²) in [5.74, 6) is 0. The molecule has 0 bridgehead atoms. The van der Waals surface area contributed by atoms with Crippen molar-refractivity contribution in [3.63, 3.8) is 0 Å². The third-order valence-corrected chi connectivity index (χ3v) is 3.15. The van der Waals surface area contributed by atoms with Crippen molar-refractivity contribution >= 4 is 0 Å². The van der Waals surface area contributed by atoms with Crippen molar-refractivity contribution in [3.8, 4) is 6.07 Å². The number of nitriles is 1. The average Bonchev–Trinajstić information content (AvgIpc) is 3.20. The van der Waals surface area contributed by atoms with Crippen LogP contribution in [-0.4, -0.2) is 29.0 Å². The van der Waals surface area contributed by atoms with Gasteiger partial charge in [0.25, 0.3) is 0 Å². The molecule has 1 aliphatic rings. The minimum absolute atomic E-state index is 0.150. The van der Waals surface area contributed by atoms with Crippen molar-refractivity contribution in [2.75, 3.05) is 13.1 Å². The van der Waals surface area contributed by atoms with Gasteiger partial charge < -0.3 is 5.73 Å². The molecular weight excluding hydrogens is 212 g/mol. The maximum absolute atomic E-state index is 8.72. The number of hydrogen-bond donors (Lipinski definition) is 1. The molecule has 0 radical (unpaired) electrons. The molecule has 4 heteroatoms. The van der Waals surface area contributed by atoms with Crippen LogP contribution in [0.1, 0.15) is 31.0 Å². The van der Waals surface area contributed by atoms with Crippen LogP contribution in [0, 0.1) is 11.3 Å². The van der Waals surface area contributed by atoms with E-state index in [4.69, 9.17) is 11.0 Å². The van der Waals surface area contributed by atoms with Crippen LogP contribution in [-0.2, 0) is 0 Å². The van der Waals surface area contributed by atoms with Gasteiger partial charge in [0.15, 0.2) is 0 Å². The number of pyridine rings is 1. The van der Waals surface area contributed by atoms with Crippen molar-refractivity contribution in [1.82, 2.24) is 9.88 Å². The minimum Gasteiger partial charge on any atom is -0.329 e. The molecule has 0 spiro atoms. The van der Waals surface area contributed by atoms with E-state index < -0.39 is 0 Å². The zero-order valence-corrected chi connectivity index (χ0v) is 9.92. The van der Waals surface area contributed by atoms with Gasteiger partial charge in [-0.15, -0.1) is 0 Å². The molecule has 1 saturated carbocycles. The number of rotatable bonds is 6. The molecule has 0 amide bonds. The zero-order chi connectivity index (χ0) is 12.1. The predicted octanol–water partition coefficient (Wildman–Crippen LogP) is 1.46. The Bertz CT molecular complexity index is 380. The lowest BCUT2D eigenvalue weighted by Gasteiger charge is -2.29. The maximum Gasteiger partial charge on any atom is 0.0647 e. The summed E-state index contributed by atoms with van der Waals surface area (Å²) in [7, 11) is 0. The van der Waals surface area contributed by atoms with E-state index in [0.29, 0.717) is 19.0 Å². The molecule has 90 valence electrons. The normalized spacial score (nSPS) is 16.8. The fourth-order valence-corrected chi connectivity index (χ4v) is 2.18.